The van der Waals surface area contributed by atoms with Crippen LogP contribution >= 0.6 is 15.9 Å². The lowest BCUT2D eigenvalue weighted by Gasteiger charge is -2.13. The molecule has 1 aliphatic carbocycles. The van der Waals surface area contributed by atoms with E-state index in [1.54, 1.807) is 0 Å². The zero-order valence-electron chi connectivity index (χ0n) is 9.51. The maximum absolute atomic E-state index is 5.74. The number of nitrogens with one attached hydrogen (secondary N) is 1. The molecule has 3 N–H and O–H groups in total. The maximum atomic E-state index is 5.74. The average Bonchev–Trinajstić information content (AvgIpc) is 3.07. The molecule has 1 fully saturated rings. The molecule has 0 atom stereocenters. The molecule has 0 spiro atoms. The van der Waals surface area contributed by atoms with Gasteiger partial charge in [0, 0.05) is 11.0 Å². The molecule has 0 amide bonds. The minimum Gasteiger partial charge on any atom is -0.330 e. The first-order valence-corrected chi connectivity index (χ1v) is 6.69. The van der Waals surface area contributed by atoms with Crippen molar-refractivity contribution in [2.24, 2.45) is 11.1 Å². The highest BCUT2D eigenvalue weighted by atomic mass is 79.9. The number of nitrogens with two attached hydrogens (primary N) is 1. The Hall–Kier alpha value is -0.380. The standard InChI is InChI=1S/C13H19BrN2/c14-12-4-2-1-3-11(12)5-8-16-10-13(9-15)6-7-13/h1-4,16H,5-10,15H2. The molecule has 2 rings (SSSR count). The third-order valence-corrected chi connectivity index (χ3v) is 4.19. The normalized spacial score (nSPS) is 17.4. The first-order chi connectivity index (χ1) is 7.76. The summed E-state index contributed by atoms with van der Waals surface area (Å²) in [5.74, 6) is 0. The molecule has 2 nitrogen and oxygen atoms in total. The fourth-order valence-corrected chi connectivity index (χ4v) is 2.39. The van der Waals surface area contributed by atoms with E-state index in [9.17, 15) is 0 Å². The van der Waals surface area contributed by atoms with Crippen LogP contribution in [0.1, 0.15) is 18.4 Å². The monoisotopic (exact) mass is 282 g/mol. The quantitative estimate of drug-likeness (QED) is 0.786. The van der Waals surface area contributed by atoms with E-state index < -0.39 is 0 Å². The molecule has 1 aromatic carbocycles. The summed E-state index contributed by atoms with van der Waals surface area (Å²) in [7, 11) is 0. The van der Waals surface area contributed by atoms with E-state index in [0.717, 1.165) is 26.1 Å². The molecule has 3 heteroatoms. The van der Waals surface area contributed by atoms with Crippen molar-refractivity contribution in [1.82, 2.24) is 5.32 Å². The van der Waals surface area contributed by atoms with Crippen LogP contribution in [0.25, 0.3) is 0 Å². The third-order valence-electron chi connectivity index (χ3n) is 3.42. The molecule has 1 saturated carbocycles. The molecule has 0 bridgehead atoms. The second kappa shape index (κ2) is 5.30. The van der Waals surface area contributed by atoms with E-state index in [1.807, 2.05) is 0 Å². The van der Waals surface area contributed by atoms with Crippen molar-refractivity contribution >= 4 is 15.9 Å². The molecule has 0 saturated heterocycles. The van der Waals surface area contributed by atoms with Crippen molar-refractivity contribution in [3.05, 3.63) is 34.3 Å². The summed E-state index contributed by atoms with van der Waals surface area (Å²) < 4.78 is 1.21. The lowest BCUT2D eigenvalue weighted by molar-refractivity contribution is 0.470. The van der Waals surface area contributed by atoms with Crippen LogP contribution in [0.5, 0.6) is 0 Å². The zero-order chi connectivity index (χ0) is 11.4. The minimum absolute atomic E-state index is 0.438. The fourth-order valence-electron chi connectivity index (χ4n) is 1.91. The summed E-state index contributed by atoms with van der Waals surface area (Å²) in [6, 6.07) is 8.40. The van der Waals surface area contributed by atoms with Gasteiger partial charge in [-0.2, -0.15) is 0 Å². The summed E-state index contributed by atoms with van der Waals surface area (Å²) in [4.78, 5) is 0. The van der Waals surface area contributed by atoms with Gasteiger partial charge in [0.25, 0.3) is 0 Å². The lowest BCUT2D eigenvalue weighted by Crippen LogP contribution is -2.30. The van der Waals surface area contributed by atoms with Gasteiger partial charge in [0.1, 0.15) is 0 Å². The van der Waals surface area contributed by atoms with Gasteiger partial charge in [-0.15, -0.1) is 0 Å². The Bertz CT molecular complexity index is 348. The Balaban J connectivity index is 1.70. The zero-order valence-corrected chi connectivity index (χ0v) is 11.1. The largest absolute Gasteiger partial charge is 0.330 e. The van der Waals surface area contributed by atoms with Gasteiger partial charge in [-0.25, -0.2) is 0 Å². The Kier molecular flexibility index (Phi) is 4.00. The van der Waals surface area contributed by atoms with Gasteiger partial charge in [-0.1, -0.05) is 34.1 Å². The molecule has 0 radical (unpaired) electrons. The minimum atomic E-state index is 0.438. The number of benzene rings is 1. The first kappa shape index (κ1) is 12.1. The summed E-state index contributed by atoms with van der Waals surface area (Å²) in [5, 5.41) is 3.51. The van der Waals surface area contributed by atoms with Crippen LogP contribution in [0.2, 0.25) is 0 Å². The molecule has 88 valence electrons. The summed E-state index contributed by atoms with van der Waals surface area (Å²) in [6.07, 6.45) is 3.67. The van der Waals surface area contributed by atoms with E-state index in [4.69, 9.17) is 5.73 Å². The van der Waals surface area contributed by atoms with Gasteiger partial charge < -0.3 is 11.1 Å². The van der Waals surface area contributed by atoms with Crippen molar-refractivity contribution in [3.63, 3.8) is 0 Å². The van der Waals surface area contributed by atoms with Crippen molar-refractivity contribution in [2.75, 3.05) is 19.6 Å². The van der Waals surface area contributed by atoms with Crippen LogP contribution < -0.4 is 11.1 Å². The van der Waals surface area contributed by atoms with Crippen LogP contribution in [0.15, 0.2) is 28.7 Å². The SMILES string of the molecule is NCC1(CNCCc2ccccc2Br)CC1. The Labute approximate surface area is 106 Å². The maximum Gasteiger partial charge on any atom is 0.0207 e. The van der Waals surface area contributed by atoms with E-state index in [2.05, 4.69) is 45.5 Å². The van der Waals surface area contributed by atoms with Crippen LogP contribution in [-0.4, -0.2) is 19.6 Å². The molecule has 1 aliphatic rings. The van der Waals surface area contributed by atoms with Crippen molar-refractivity contribution < 1.29 is 0 Å². The molecule has 0 heterocycles. The highest BCUT2D eigenvalue weighted by Gasteiger charge is 2.40. The van der Waals surface area contributed by atoms with Crippen molar-refractivity contribution in [2.45, 2.75) is 19.3 Å². The van der Waals surface area contributed by atoms with Crippen LogP contribution in [0.3, 0.4) is 0 Å². The van der Waals surface area contributed by atoms with Gasteiger partial charge >= 0.3 is 0 Å². The second-order valence-corrected chi connectivity index (χ2v) is 5.58. The fraction of sp³-hybridized carbons (Fsp3) is 0.538. The van der Waals surface area contributed by atoms with Gasteiger partial charge in [0.05, 0.1) is 0 Å². The topological polar surface area (TPSA) is 38.0 Å². The lowest BCUT2D eigenvalue weighted by atomic mass is 10.1. The van der Waals surface area contributed by atoms with Crippen molar-refractivity contribution in [1.29, 1.82) is 0 Å². The smallest absolute Gasteiger partial charge is 0.0207 e. The second-order valence-electron chi connectivity index (χ2n) is 4.72. The third kappa shape index (κ3) is 3.06. The van der Waals surface area contributed by atoms with Gasteiger partial charge in [-0.3, -0.25) is 0 Å². The molecule has 16 heavy (non-hydrogen) atoms. The van der Waals surface area contributed by atoms with Crippen LogP contribution in [-0.2, 0) is 6.42 Å². The number of rotatable bonds is 6. The predicted octanol–water partition coefficient (Wildman–Crippen LogP) is 2.32. The Morgan fingerprint density at radius 2 is 2.06 bits per heavy atom. The van der Waals surface area contributed by atoms with Gasteiger partial charge in [-0.05, 0) is 49.4 Å². The first-order valence-electron chi connectivity index (χ1n) is 5.90. The van der Waals surface area contributed by atoms with Gasteiger partial charge in [0.15, 0.2) is 0 Å². The molecule has 0 aliphatic heterocycles. The van der Waals surface area contributed by atoms with Crippen molar-refractivity contribution in [3.8, 4) is 0 Å². The molecule has 0 aromatic heterocycles. The Morgan fingerprint density at radius 1 is 1.31 bits per heavy atom. The molecular weight excluding hydrogens is 264 g/mol. The number of hydrogen-bond donors (Lipinski definition) is 2. The molecule has 0 unspecified atom stereocenters. The summed E-state index contributed by atoms with van der Waals surface area (Å²) in [6.45, 7) is 2.94. The highest BCUT2D eigenvalue weighted by Crippen LogP contribution is 2.43. The predicted molar refractivity (Wildman–Crippen MR) is 71.4 cm³/mol. The molecule has 1 aromatic rings. The highest BCUT2D eigenvalue weighted by molar-refractivity contribution is 9.10. The number of halogens is 1. The van der Waals surface area contributed by atoms with E-state index in [0.29, 0.717) is 5.41 Å². The van der Waals surface area contributed by atoms with Gasteiger partial charge in [0.2, 0.25) is 0 Å². The van der Waals surface area contributed by atoms with Crippen LogP contribution in [0, 0.1) is 5.41 Å². The molecular formula is C13H19BrN2. The number of hydrogen-bond acceptors (Lipinski definition) is 2. The average molecular weight is 283 g/mol. The van der Waals surface area contributed by atoms with E-state index in [-0.39, 0.29) is 0 Å². The summed E-state index contributed by atoms with van der Waals surface area (Å²) >= 11 is 3.57. The van der Waals surface area contributed by atoms with Crippen LogP contribution in [0.4, 0.5) is 0 Å². The van der Waals surface area contributed by atoms with E-state index >= 15 is 0 Å². The van der Waals surface area contributed by atoms with E-state index in [1.165, 1.54) is 22.9 Å². The summed E-state index contributed by atoms with van der Waals surface area (Å²) in [5.41, 5.74) is 7.55. The Morgan fingerprint density at radius 3 is 2.69 bits per heavy atom.